The Morgan fingerprint density at radius 3 is 2.81 bits per heavy atom. The lowest BCUT2D eigenvalue weighted by atomic mass is 9.63. The highest BCUT2D eigenvalue weighted by Crippen LogP contribution is 2.55. The molecule has 3 atom stereocenters. The molecule has 0 saturated heterocycles. The van der Waals surface area contributed by atoms with Crippen molar-refractivity contribution in [3.05, 3.63) is 59.3 Å². The van der Waals surface area contributed by atoms with Gasteiger partial charge in [-0.1, -0.05) is 55.0 Å². The van der Waals surface area contributed by atoms with E-state index in [0.717, 1.165) is 44.1 Å². The van der Waals surface area contributed by atoms with Gasteiger partial charge in [-0.05, 0) is 94.1 Å². The Morgan fingerprint density at radius 1 is 1.32 bits per heavy atom. The predicted molar refractivity (Wildman–Crippen MR) is 128 cm³/mol. The third kappa shape index (κ3) is 5.88. The first kappa shape index (κ1) is 23.8. The molecule has 0 radical (unpaired) electrons. The van der Waals surface area contributed by atoms with E-state index in [1.165, 1.54) is 31.8 Å². The number of fused-ring (bicyclic) bond motifs is 1. The summed E-state index contributed by atoms with van der Waals surface area (Å²) in [5, 5.41) is 9.88. The number of rotatable bonds is 6. The first-order valence-corrected chi connectivity index (χ1v) is 12.0. The zero-order valence-electron chi connectivity index (χ0n) is 19.9. The average molecular weight is 425 g/mol. The monoisotopic (exact) mass is 424 g/mol. The number of aliphatic hydroxyl groups is 1. The maximum absolute atomic E-state index is 11.4. The summed E-state index contributed by atoms with van der Waals surface area (Å²) >= 11 is 0. The summed E-state index contributed by atoms with van der Waals surface area (Å²) in [5.74, 6) is 0.364. The molecular weight excluding hydrogens is 384 g/mol. The van der Waals surface area contributed by atoms with Crippen molar-refractivity contribution < 1.29 is 14.6 Å². The van der Waals surface area contributed by atoms with Crippen LogP contribution in [0.2, 0.25) is 0 Å². The normalized spacial score (nSPS) is 31.9. The molecule has 0 aromatic heterocycles. The maximum Gasteiger partial charge on any atom is 0.303 e. The number of hydrogen-bond acceptors (Lipinski definition) is 3. The number of esters is 1. The molecule has 3 heteroatoms. The van der Waals surface area contributed by atoms with Gasteiger partial charge in [-0.3, -0.25) is 4.79 Å². The lowest BCUT2D eigenvalue weighted by molar-refractivity contribution is -0.145. The molecule has 3 rings (SSSR count). The molecule has 3 aliphatic rings. The molecule has 0 aromatic carbocycles. The molecule has 0 bridgehead atoms. The van der Waals surface area contributed by atoms with E-state index in [0.29, 0.717) is 5.92 Å². The topological polar surface area (TPSA) is 46.5 Å². The van der Waals surface area contributed by atoms with Crippen LogP contribution >= 0.6 is 0 Å². The van der Waals surface area contributed by atoms with Crippen LogP contribution in [0.5, 0.6) is 0 Å². The van der Waals surface area contributed by atoms with Crippen molar-refractivity contribution in [1.29, 1.82) is 0 Å². The Hall–Kier alpha value is -1.87. The van der Waals surface area contributed by atoms with Crippen LogP contribution in [0.3, 0.4) is 0 Å². The van der Waals surface area contributed by atoms with Gasteiger partial charge in [-0.25, -0.2) is 0 Å². The molecule has 0 aromatic rings. The van der Waals surface area contributed by atoms with Gasteiger partial charge in [0.05, 0.1) is 5.60 Å². The van der Waals surface area contributed by atoms with Crippen LogP contribution < -0.4 is 0 Å². The molecule has 2 unspecified atom stereocenters. The standard InChI is InChI=1S/C28H40O3/c1-20-22(10-8-13-26(20)31-21(2)29)14-15-23-11-9-19-28(5)24(16-17-25(23)28)12-6-7-18-27(3,4)30/h7,14-16,18,25-26,30H,1,6,8-13,17,19H2,2-5H3/b18-7+,22-14-,23-15+/t25?,26?,28-/m1/s1. The lowest BCUT2D eigenvalue weighted by Gasteiger charge is -2.41. The average Bonchev–Trinajstić information content (AvgIpc) is 3.01. The van der Waals surface area contributed by atoms with Crippen LogP contribution in [0.25, 0.3) is 0 Å². The highest BCUT2D eigenvalue weighted by molar-refractivity contribution is 5.66. The number of carbonyl (C=O) groups is 1. The van der Waals surface area contributed by atoms with Gasteiger partial charge < -0.3 is 9.84 Å². The van der Waals surface area contributed by atoms with Crippen molar-refractivity contribution in [3.63, 3.8) is 0 Å². The quantitative estimate of drug-likeness (QED) is 0.379. The Bertz CT molecular complexity index is 818. The van der Waals surface area contributed by atoms with E-state index in [1.54, 1.807) is 11.1 Å². The number of carbonyl (C=O) groups excluding carboxylic acids is 1. The fourth-order valence-electron chi connectivity index (χ4n) is 5.65. The smallest absolute Gasteiger partial charge is 0.303 e. The van der Waals surface area contributed by atoms with Gasteiger partial charge >= 0.3 is 5.97 Å². The molecule has 0 spiro atoms. The third-order valence-electron chi connectivity index (χ3n) is 7.34. The Morgan fingerprint density at radius 2 is 2.10 bits per heavy atom. The van der Waals surface area contributed by atoms with Crippen LogP contribution in [0, 0.1) is 11.3 Å². The number of allylic oxidation sites excluding steroid dienone is 6. The third-order valence-corrected chi connectivity index (χ3v) is 7.34. The van der Waals surface area contributed by atoms with E-state index in [2.05, 4.69) is 37.8 Å². The van der Waals surface area contributed by atoms with Gasteiger partial charge in [0.1, 0.15) is 6.10 Å². The van der Waals surface area contributed by atoms with Gasteiger partial charge in [0.25, 0.3) is 0 Å². The fraction of sp³-hybridized carbons (Fsp3) is 0.607. The zero-order chi connectivity index (χ0) is 22.6. The minimum Gasteiger partial charge on any atom is -0.458 e. The SMILES string of the molecule is C=C1/C(=C\C=C2/CCC[C@]3(C)C(CC/C=C/C(C)(C)O)=CCC23)CCCC1OC(C)=O. The van der Waals surface area contributed by atoms with Crippen molar-refractivity contribution in [1.82, 2.24) is 0 Å². The van der Waals surface area contributed by atoms with E-state index in [-0.39, 0.29) is 17.5 Å². The highest BCUT2D eigenvalue weighted by Gasteiger charge is 2.44. The summed E-state index contributed by atoms with van der Waals surface area (Å²) in [7, 11) is 0. The van der Waals surface area contributed by atoms with Gasteiger partial charge in [-0.15, -0.1) is 0 Å². The van der Waals surface area contributed by atoms with Crippen molar-refractivity contribution in [3.8, 4) is 0 Å². The van der Waals surface area contributed by atoms with Crippen LogP contribution in [0.4, 0.5) is 0 Å². The van der Waals surface area contributed by atoms with Crippen molar-refractivity contribution in [2.45, 2.75) is 97.2 Å². The molecule has 170 valence electrons. The summed E-state index contributed by atoms with van der Waals surface area (Å²) in [4.78, 5) is 11.4. The van der Waals surface area contributed by atoms with E-state index in [9.17, 15) is 9.90 Å². The molecule has 2 saturated carbocycles. The fourth-order valence-corrected chi connectivity index (χ4v) is 5.65. The van der Waals surface area contributed by atoms with Crippen LogP contribution in [-0.4, -0.2) is 22.8 Å². The number of hydrogen-bond donors (Lipinski definition) is 1. The largest absolute Gasteiger partial charge is 0.458 e. The first-order chi connectivity index (χ1) is 14.6. The second-order valence-electron chi connectivity index (χ2n) is 10.3. The minimum absolute atomic E-state index is 0.163. The van der Waals surface area contributed by atoms with Crippen LogP contribution in [0.15, 0.2) is 59.3 Å². The maximum atomic E-state index is 11.4. The first-order valence-electron chi connectivity index (χ1n) is 12.0. The summed E-state index contributed by atoms with van der Waals surface area (Å²) < 4.78 is 5.46. The molecular formula is C28H40O3. The molecule has 0 aliphatic heterocycles. The molecule has 3 nitrogen and oxygen atoms in total. The lowest BCUT2D eigenvalue weighted by Crippen LogP contribution is -2.30. The van der Waals surface area contributed by atoms with Crippen molar-refractivity contribution in [2.75, 3.05) is 0 Å². The van der Waals surface area contributed by atoms with Gasteiger partial charge in [0, 0.05) is 6.92 Å². The highest BCUT2D eigenvalue weighted by atomic mass is 16.5. The molecule has 0 amide bonds. The molecule has 0 heterocycles. The summed E-state index contributed by atoms with van der Waals surface area (Å²) in [5.41, 5.74) is 4.88. The van der Waals surface area contributed by atoms with Crippen LogP contribution in [0.1, 0.15) is 85.5 Å². The number of ether oxygens (including phenoxy) is 1. The van der Waals surface area contributed by atoms with E-state index < -0.39 is 5.60 Å². The molecule has 2 fully saturated rings. The molecule has 31 heavy (non-hydrogen) atoms. The summed E-state index contributed by atoms with van der Waals surface area (Å²) in [6.07, 6.45) is 20.7. The summed E-state index contributed by atoms with van der Waals surface area (Å²) in [6.45, 7) is 11.8. The summed E-state index contributed by atoms with van der Waals surface area (Å²) in [6, 6.07) is 0. The van der Waals surface area contributed by atoms with Gasteiger partial charge in [0.15, 0.2) is 0 Å². The Balaban J connectivity index is 1.68. The van der Waals surface area contributed by atoms with Crippen molar-refractivity contribution >= 4 is 5.97 Å². The van der Waals surface area contributed by atoms with Gasteiger partial charge in [0.2, 0.25) is 0 Å². The van der Waals surface area contributed by atoms with Gasteiger partial charge in [-0.2, -0.15) is 0 Å². The van der Waals surface area contributed by atoms with Crippen molar-refractivity contribution in [2.24, 2.45) is 11.3 Å². The van der Waals surface area contributed by atoms with Crippen LogP contribution in [-0.2, 0) is 9.53 Å². The van der Waals surface area contributed by atoms with E-state index >= 15 is 0 Å². The zero-order valence-corrected chi connectivity index (χ0v) is 19.9. The van der Waals surface area contributed by atoms with E-state index in [1.807, 2.05) is 19.9 Å². The van der Waals surface area contributed by atoms with E-state index in [4.69, 9.17) is 4.74 Å². The predicted octanol–water partition coefficient (Wildman–Crippen LogP) is 6.75. The Kier molecular flexibility index (Phi) is 7.47. The second kappa shape index (κ2) is 9.73. The molecule has 3 aliphatic carbocycles. The Labute approximate surface area is 188 Å². The second-order valence-corrected chi connectivity index (χ2v) is 10.3. The molecule has 1 N–H and O–H groups in total. The minimum atomic E-state index is -0.734.